The third-order valence-corrected chi connectivity index (χ3v) is 6.56. The Morgan fingerprint density at radius 2 is 1.48 bits per heavy atom. The highest BCUT2D eigenvalue weighted by Crippen LogP contribution is 2.22. The molecule has 9 heteroatoms. The van der Waals surface area contributed by atoms with Crippen LogP contribution in [0.1, 0.15) is 5.56 Å². The SMILES string of the molecule is Cc1cc(N)cc(S(=O)(=O)N2CCN(S(C)(=O)=O)CC2)c1. The molecule has 0 amide bonds. The van der Waals surface area contributed by atoms with Crippen LogP contribution < -0.4 is 5.73 Å². The van der Waals surface area contributed by atoms with Crippen molar-refractivity contribution in [3.63, 3.8) is 0 Å². The lowest BCUT2D eigenvalue weighted by Crippen LogP contribution is -2.50. The van der Waals surface area contributed by atoms with Crippen LogP contribution in [0.2, 0.25) is 0 Å². The molecule has 1 aromatic rings. The van der Waals surface area contributed by atoms with Crippen LogP contribution in [0.5, 0.6) is 0 Å². The molecule has 1 aliphatic heterocycles. The zero-order chi connectivity index (χ0) is 15.8. The highest BCUT2D eigenvalue weighted by molar-refractivity contribution is 7.89. The van der Waals surface area contributed by atoms with E-state index in [0.29, 0.717) is 5.69 Å². The fraction of sp³-hybridized carbons (Fsp3) is 0.500. The van der Waals surface area contributed by atoms with Crippen LogP contribution in [0.25, 0.3) is 0 Å². The molecule has 0 atom stereocenters. The number of hydrogen-bond donors (Lipinski definition) is 1. The summed E-state index contributed by atoms with van der Waals surface area (Å²) in [5.74, 6) is 0. The van der Waals surface area contributed by atoms with Crippen molar-refractivity contribution in [3.8, 4) is 0 Å². The molecule has 1 heterocycles. The first-order chi connectivity index (χ1) is 9.60. The molecule has 1 aromatic carbocycles. The Hall–Kier alpha value is -1.16. The van der Waals surface area contributed by atoms with Crippen LogP contribution in [0, 0.1) is 6.92 Å². The zero-order valence-electron chi connectivity index (χ0n) is 12.0. The predicted octanol–water partition coefficient (Wildman–Crippen LogP) is -0.157. The molecular weight excluding hydrogens is 314 g/mol. The van der Waals surface area contributed by atoms with Crippen molar-refractivity contribution in [3.05, 3.63) is 23.8 Å². The molecule has 0 spiro atoms. The fourth-order valence-electron chi connectivity index (χ4n) is 2.32. The largest absolute Gasteiger partial charge is 0.399 e. The lowest BCUT2D eigenvalue weighted by molar-refractivity contribution is 0.274. The summed E-state index contributed by atoms with van der Waals surface area (Å²) in [7, 11) is -6.93. The molecule has 1 saturated heterocycles. The number of hydrogen-bond acceptors (Lipinski definition) is 5. The summed E-state index contributed by atoms with van der Waals surface area (Å²) in [6, 6.07) is 4.68. The fourth-order valence-corrected chi connectivity index (χ4v) is 4.70. The standard InChI is InChI=1S/C12H19N3O4S2/c1-10-7-11(13)9-12(8-10)21(18,19)15-5-3-14(4-6-15)20(2,16)17/h7-9H,3-6,13H2,1-2H3. The van der Waals surface area contributed by atoms with Crippen LogP contribution in [0.3, 0.4) is 0 Å². The molecule has 1 aliphatic rings. The van der Waals surface area contributed by atoms with Crippen molar-refractivity contribution in [2.75, 3.05) is 38.2 Å². The first-order valence-corrected chi connectivity index (χ1v) is 9.72. The first kappa shape index (κ1) is 16.2. The van der Waals surface area contributed by atoms with Crippen molar-refractivity contribution < 1.29 is 16.8 Å². The minimum Gasteiger partial charge on any atom is -0.399 e. The molecular formula is C12H19N3O4S2. The van der Waals surface area contributed by atoms with Crippen molar-refractivity contribution >= 4 is 25.7 Å². The minimum atomic E-state index is -3.64. The Kier molecular flexibility index (Phi) is 4.29. The summed E-state index contributed by atoms with van der Waals surface area (Å²) in [5, 5.41) is 0. The highest BCUT2D eigenvalue weighted by atomic mass is 32.2. The van der Waals surface area contributed by atoms with Crippen LogP contribution in [0.15, 0.2) is 23.1 Å². The van der Waals surface area contributed by atoms with Gasteiger partial charge in [-0.15, -0.1) is 0 Å². The number of nitrogen functional groups attached to an aromatic ring is 1. The van der Waals surface area contributed by atoms with Gasteiger partial charge >= 0.3 is 0 Å². The molecule has 7 nitrogen and oxygen atoms in total. The molecule has 0 aliphatic carbocycles. The van der Waals surface area contributed by atoms with E-state index in [4.69, 9.17) is 5.73 Å². The first-order valence-electron chi connectivity index (χ1n) is 6.43. The number of piperazine rings is 1. The Morgan fingerprint density at radius 3 is 1.95 bits per heavy atom. The van der Waals surface area contributed by atoms with E-state index in [1.165, 1.54) is 14.7 Å². The molecule has 0 radical (unpaired) electrons. The normalized spacial score (nSPS) is 18.8. The highest BCUT2D eigenvalue weighted by Gasteiger charge is 2.31. The number of sulfonamides is 2. The molecule has 0 bridgehead atoms. The summed E-state index contributed by atoms with van der Waals surface area (Å²) < 4.78 is 50.6. The van der Waals surface area contributed by atoms with E-state index in [0.717, 1.165) is 11.8 Å². The van der Waals surface area contributed by atoms with Crippen molar-refractivity contribution in [2.45, 2.75) is 11.8 Å². The summed E-state index contributed by atoms with van der Waals surface area (Å²) in [5.41, 5.74) is 6.85. The lowest BCUT2D eigenvalue weighted by Gasteiger charge is -2.32. The number of benzene rings is 1. The van der Waals surface area contributed by atoms with E-state index in [-0.39, 0.29) is 31.1 Å². The van der Waals surface area contributed by atoms with E-state index in [1.54, 1.807) is 19.1 Å². The minimum absolute atomic E-state index is 0.142. The van der Waals surface area contributed by atoms with Crippen LogP contribution in [-0.2, 0) is 20.0 Å². The number of anilines is 1. The molecule has 118 valence electrons. The van der Waals surface area contributed by atoms with E-state index in [9.17, 15) is 16.8 Å². The van der Waals surface area contributed by atoms with E-state index in [2.05, 4.69) is 0 Å². The van der Waals surface area contributed by atoms with Gasteiger partial charge in [-0.05, 0) is 30.7 Å². The molecule has 2 rings (SSSR count). The van der Waals surface area contributed by atoms with Gasteiger partial charge < -0.3 is 5.73 Å². The number of aryl methyl sites for hydroxylation is 1. The Morgan fingerprint density at radius 1 is 0.952 bits per heavy atom. The van der Waals surface area contributed by atoms with Crippen molar-refractivity contribution in [1.29, 1.82) is 0 Å². The van der Waals surface area contributed by atoms with Gasteiger partial charge in [-0.25, -0.2) is 16.8 Å². The van der Waals surface area contributed by atoms with E-state index < -0.39 is 20.0 Å². The van der Waals surface area contributed by atoms with Crippen LogP contribution in [-0.4, -0.2) is 57.9 Å². The second-order valence-corrected chi connectivity index (χ2v) is 9.07. The number of rotatable bonds is 3. The third kappa shape index (κ3) is 3.54. The Labute approximate surface area is 125 Å². The molecule has 1 fully saturated rings. The second kappa shape index (κ2) is 5.56. The molecule has 0 unspecified atom stereocenters. The van der Waals surface area contributed by atoms with E-state index in [1.807, 2.05) is 0 Å². The van der Waals surface area contributed by atoms with Gasteiger partial charge in [-0.3, -0.25) is 0 Å². The van der Waals surface area contributed by atoms with Crippen molar-refractivity contribution in [2.24, 2.45) is 0 Å². The smallest absolute Gasteiger partial charge is 0.243 e. The second-order valence-electron chi connectivity index (χ2n) is 5.15. The number of nitrogens with zero attached hydrogens (tertiary/aromatic N) is 2. The average Bonchev–Trinajstić information content (AvgIpc) is 2.36. The number of nitrogens with two attached hydrogens (primary N) is 1. The van der Waals surface area contributed by atoms with E-state index >= 15 is 0 Å². The molecule has 0 saturated carbocycles. The lowest BCUT2D eigenvalue weighted by atomic mass is 10.2. The Balaban J connectivity index is 2.22. The maximum Gasteiger partial charge on any atom is 0.243 e. The maximum absolute atomic E-state index is 12.6. The topological polar surface area (TPSA) is 101 Å². The van der Waals surface area contributed by atoms with Gasteiger partial charge in [-0.1, -0.05) is 0 Å². The third-order valence-electron chi connectivity index (χ3n) is 3.38. The summed E-state index contributed by atoms with van der Waals surface area (Å²) in [6.45, 7) is 2.39. The summed E-state index contributed by atoms with van der Waals surface area (Å²) >= 11 is 0. The van der Waals surface area contributed by atoms with Gasteiger partial charge in [0.25, 0.3) is 0 Å². The van der Waals surface area contributed by atoms with Gasteiger partial charge in [-0.2, -0.15) is 8.61 Å². The molecule has 21 heavy (non-hydrogen) atoms. The van der Waals surface area contributed by atoms with Gasteiger partial charge in [0.1, 0.15) is 0 Å². The predicted molar refractivity (Wildman–Crippen MR) is 80.8 cm³/mol. The molecule has 0 aromatic heterocycles. The van der Waals surface area contributed by atoms with Gasteiger partial charge in [0, 0.05) is 31.9 Å². The van der Waals surface area contributed by atoms with Gasteiger partial charge in [0.05, 0.1) is 11.2 Å². The summed E-state index contributed by atoms with van der Waals surface area (Å²) in [6.07, 6.45) is 1.12. The Bertz CT molecular complexity index is 716. The monoisotopic (exact) mass is 333 g/mol. The molecule has 2 N–H and O–H groups in total. The summed E-state index contributed by atoms with van der Waals surface area (Å²) in [4.78, 5) is 0.146. The maximum atomic E-state index is 12.6. The zero-order valence-corrected chi connectivity index (χ0v) is 13.6. The van der Waals surface area contributed by atoms with Gasteiger partial charge in [0.2, 0.25) is 20.0 Å². The van der Waals surface area contributed by atoms with Crippen LogP contribution in [0.4, 0.5) is 5.69 Å². The average molecular weight is 333 g/mol. The van der Waals surface area contributed by atoms with Crippen LogP contribution >= 0.6 is 0 Å². The quantitative estimate of drug-likeness (QED) is 0.775. The van der Waals surface area contributed by atoms with Crippen molar-refractivity contribution in [1.82, 2.24) is 8.61 Å². The van der Waals surface area contributed by atoms with Gasteiger partial charge in [0.15, 0.2) is 0 Å².